The van der Waals surface area contributed by atoms with Gasteiger partial charge in [-0.2, -0.15) is 0 Å². The highest BCUT2D eigenvalue weighted by Gasteiger charge is 2.53. The molecule has 0 unspecified atom stereocenters. The van der Waals surface area contributed by atoms with Crippen LogP contribution in [-0.2, 0) is 19.1 Å². The minimum absolute atomic E-state index is 0.125. The second-order valence-corrected chi connectivity index (χ2v) is 13.9. The molecule has 2 heterocycles. The molecule has 0 bridgehead atoms. The van der Waals surface area contributed by atoms with Crippen molar-refractivity contribution in [2.45, 2.75) is 143 Å². The van der Waals surface area contributed by atoms with Crippen LogP contribution in [0.5, 0.6) is 0 Å². The van der Waals surface area contributed by atoms with Crippen LogP contribution in [0, 0.1) is 10.8 Å². The van der Waals surface area contributed by atoms with Crippen LogP contribution >= 0.6 is 0 Å². The summed E-state index contributed by atoms with van der Waals surface area (Å²) in [6, 6.07) is 0. The molecule has 2 aliphatic rings. The van der Waals surface area contributed by atoms with Crippen LogP contribution < -0.4 is 10.6 Å². The van der Waals surface area contributed by atoms with Crippen LogP contribution in [-0.4, -0.2) is 46.3 Å². The number of ether oxygens (including phenoxy) is 2. The molecule has 2 saturated heterocycles. The predicted molar refractivity (Wildman–Crippen MR) is 128 cm³/mol. The first-order valence-corrected chi connectivity index (χ1v) is 12.1. The number of carbonyl (C=O) groups excluding carboxylic acids is 2. The van der Waals surface area contributed by atoms with Crippen LogP contribution in [0.15, 0.2) is 0 Å². The Morgan fingerprint density at radius 1 is 0.594 bits per heavy atom. The Labute approximate surface area is 196 Å². The van der Waals surface area contributed by atoms with Crippen molar-refractivity contribution >= 4 is 11.9 Å². The Kier molecular flexibility index (Phi) is 7.00. The minimum Gasteiger partial charge on any atom is -0.462 e. The van der Waals surface area contributed by atoms with Gasteiger partial charge in [-0.1, -0.05) is 0 Å². The van der Waals surface area contributed by atoms with E-state index in [0.717, 1.165) is 25.7 Å². The number of hydrogen-bond acceptors (Lipinski definition) is 6. The van der Waals surface area contributed by atoms with Gasteiger partial charge in [0.05, 0.1) is 10.8 Å². The fourth-order valence-electron chi connectivity index (χ4n) is 5.73. The quantitative estimate of drug-likeness (QED) is 0.587. The molecular formula is C26H48N2O4. The lowest BCUT2D eigenvalue weighted by molar-refractivity contribution is -0.185. The van der Waals surface area contributed by atoms with Gasteiger partial charge in [0.1, 0.15) is 12.2 Å². The topological polar surface area (TPSA) is 76.7 Å². The molecule has 2 rings (SSSR count). The molecule has 186 valence electrons. The Morgan fingerprint density at radius 3 is 1.03 bits per heavy atom. The van der Waals surface area contributed by atoms with Crippen LogP contribution in [0.1, 0.15) is 109 Å². The molecule has 0 saturated carbocycles. The van der Waals surface area contributed by atoms with Gasteiger partial charge in [-0.15, -0.1) is 0 Å². The highest BCUT2D eigenvalue weighted by atomic mass is 16.6. The van der Waals surface area contributed by atoms with Crippen LogP contribution in [0.25, 0.3) is 0 Å². The average molecular weight is 453 g/mol. The Bertz CT molecular complexity index is 640. The van der Waals surface area contributed by atoms with E-state index in [1.807, 2.05) is 0 Å². The van der Waals surface area contributed by atoms with E-state index in [4.69, 9.17) is 9.47 Å². The van der Waals surface area contributed by atoms with E-state index in [2.05, 4.69) is 66.0 Å². The summed E-state index contributed by atoms with van der Waals surface area (Å²) >= 11 is 0. The normalized spacial score (nSPS) is 25.8. The first-order valence-electron chi connectivity index (χ1n) is 12.1. The van der Waals surface area contributed by atoms with E-state index < -0.39 is 10.8 Å². The van der Waals surface area contributed by atoms with Gasteiger partial charge in [-0.3, -0.25) is 9.59 Å². The van der Waals surface area contributed by atoms with Gasteiger partial charge < -0.3 is 20.1 Å². The van der Waals surface area contributed by atoms with Crippen molar-refractivity contribution in [2.24, 2.45) is 10.8 Å². The number of nitrogens with one attached hydrogen (secondary N) is 2. The summed E-state index contributed by atoms with van der Waals surface area (Å²) < 4.78 is 12.0. The lowest BCUT2D eigenvalue weighted by atomic mass is 9.67. The lowest BCUT2D eigenvalue weighted by Gasteiger charge is -2.48. The number of esters is 2. The number of carbonyl (C=O) groups is 2. The Hall–Kier alpha value is -1.14. The second-order valence-electron chi connectivity index (χ2n) is 13.9. The molecule has 0 aromatic rings. The molecule has 2 N–H and O–H groups in total. The van der Waals surface area contributed by atoms with E-state index in [-0.39, 0.29) is 46.3 Å². The summed E-state index contributed by atoms with van der Waals surface area (Å²) in [4.78, 5) is 26.7. The van der Waals surface area contributed by atoms with Crippen molar-refractivity contribution in [3.05, 3.63) is 0 Å². The first-order chi connectivity index (χ1) is 14.1. The maximum atomic E-state index is 13.3. The van der Waals surface area contributed by atoms with Crippen molar-refractivity contribution in [3.8, 4) is 0 Å². The summed E-state index contributed by atoms with van der Waals surface area (Å²) in [6.07, 6.45) is 2.58. The van der Waals surface area contributed by atoms with Crippen molar-refractivity contribution in [1.82, 2.24) is 10.6 Å². The van der Waals surface area contributed by atoms with E-state index in [9.17, 15) is 9.59 Å². The highest BCUT2D eigenvalue weighted by Crippen LogP contribution is 2.43. The standard InChI is InChI=1S/C26H48N2O4/c1-21(2)13-17(14-22(3,4)27-21)31-19(29)25(9,10)26(11,12)20(30)32-18-15-23(5,6)28-24(7,8)16-18/h17-18,27-28H,13-16H2,1-12H3. The summed E-state index contributed by atoms with van der Waals surface area (Å²) in [5, 5.41) is 7.22. The molecule has 0 spiro atoms. The summed E-state index contributed by atoms with van der Waals surface area (Å²) in [5.74, 6) is -0.687. The molecule has 0 amide bonds. The third kappa shape index (κ3) is 6.25. The van der Waals surface area contributed by atoms with Crippen LogP contribution in [0.2, 0.25) is 0 Å². The van der Waals surface area contributed by atoms with Gasteiger partial charge in [0.15, 0.2) is 0 Å². The molecule has 0 radical (unpaired) electrons. The van der Waals surface area contributed by atoms with Gasteiger partial charge >= 0.3 is 11.9 Å². The summed E-state index contributed by atoms with van der Waals surface area (Å²) in [6.45, 7) is 24.2. The molecule has 0 aromatic heterocycles. The second kappa shape index (κ2) is 8.26. The van der Waals surface area contributed by atoms with Gasteiger partial charge in [-0.05, 0) is 83.1 Å². The van der Waals surface area contributed by atoms with Crippen molar-refractivity contribution in [1.29, 1.82) is 0 Å². The molecule has 2 aliphatic heterocycles. The van der Waals surface area contributed by atoms with E-state index in [0.29, 0.717) is 0 Å². The molecule has 0 aromatic carbocycles. The largest absolute Gasteiger partial charge is 0.462 e. The van der Waals surface area contributed by atoms with Crippen LogP contribution in [0.4, 0.5) is 0 Å². The summed E-state index contributed by atoms with van der Waals surface area (Å²) in [7, 11) is 0. The first kappa shape index (κ1) is 27.1. The molecule has 6 heteroatoms. The zero-order chi connectivity index (χ0) is 25.0. The fourth-order valence-corrected chi connectivity index (χ4v) is 5.73. The molecule has 6 nitrogen and oxygen atoms in total. The SMILES string of the molecule is CC1(C)CC(OC(=O)C(C)(C)C(C)(C)C(=O)OC2CC(C)(C)NC(C)(C)C2)CC(C)(C)N1. The van der Waals surface area contributed by atoms with Gasteiger partial charge in [0.25, 0.3) is 0 Å². The minimum atomic E-state index is -1.03. The number of piperidine rings is 2. The summed E-state index contributed by atoms with van der Waals surface area (Å²) in [5.41, 5.74) is -2.55. The van der Waals surface area contributed by atoms with E-state index in [1.54, 1.807) is 27.7 Å². The highest BCUT2D eigenvalue weighted by molar-refractivity contribution is 5.87. The molecular weight excluding hydrogens is 404 g/mol. The van der Waals surface area contributed by atoms with Crippen molar-refractivity contribution in [2.75, 3.05) is 0 Å². The van der Waals surface area contributed by atoms with Crippen molar-refractivity contribution < 1.29 is 19.1 Å². The molecule has 2 fully saturated rings. The Balaban J connectivity index is 2.12. The van der Waals surface area contributed by atoms with E-state index >= 15 is 0 Å². The zero-order valence-electron chi connectivity index (χ0n) is 22.6. The van der Waals surface area contributed by atoms with Gasteiger partial charge in [-0.25, -0.2) is 0 Å². The third-order valence-corrected chi connectivity index (χ3v) is 7.44. The predicted octanol–water partition coefficient (Wildman–Crippen LogP) is 4.74. The Morgan fingerprint density at radius 2 is 0.812 bits per heavy atom. The fraction of sp³-hybridized carbons (Fsp3) is 0.923. The maximum absolute atomic E-state index is 13.3. The smallest absolute Gasteiger partial charge is 0.312 e. The van der Waals surface area contributed by atoms with Gasteiger partial charge in [0.2, 0.25) is 0 Å². The monoisotopic (exact) mass is 452 g/mol. The molecule has 32 heavy (non-hydrogen) atoms. The average Bonchev–Trinajstić information content (AvgIpc) is 2.47. The zero-order valence-corrected chi connectivity index (χ0v) is 22.6. The molecule has 0 atom stereocenters. The van der Waals surface area contributed by atoms with Crippen LogP contribution in [0.3, 0.4) is 0 Å². The van der Waals surface area contributed by atoms with Crippen molar-refractivity contribution in [3.63, 3.8) is 0 Å². The maximum Gasteiger partial charge on any atom is 0.312 e. The molecule has 0 aliphatic carbocycles. The number of rotatable bonds is 5. The lowest BCUT2D eigenvalue weighted by Crippen LogP contribution is -2.61. The third-order valence-electron chi connectivity index (χ3n) is 7.44. The van der Waals surface area contributed by atoms with Gasteiger partial charge in [0, 0.05) is 47.8 Å². The van der Waals surface area contributed by atoms with E-state index in [1.165, 1.54) is 0 Å². The number of hydrogen-bond donors (Lipinski definition) is 2.